The Kier molecular flexibility index (Phi) is 7.59. The van der Waals surface area contributed by atoms with E-state index >= 15 is 0 Å². The Morgan fingerprint density at radius 2 is 1.75 bits per heavy atom. The second-order valence-electron chi connectivity index (χ2n) is 9.37. The lowest BCUT2D eigenvalue weighted by Crippen LogP contribution is -2.32. The Morgan fingerprint density at radius 1 is 1.02 bits per heavy atom. The number of anilines is 1. The maximum absolute atomic E-state index is 14.2. The summed E-state index contributed by atoms with van der Waals surface area (Å²) in [5.74, 6) is 0.0359. The Hall–Kier alpha value is -3.86. The molecule has 1 aromatic carbocycles. The number of hydrogen-bond donors (Lipinski definition) is 0. The van der Waals surface area contributed by atoms with E-state index in [9.17, 15) is 9.59 Å². The fraction of sp³-hybridized carbons (Fsp3) is 0.286. The van der Waals surface area contributed by atoms with Gasteiger partial charge >= 0.3 is 6.01 Å². The van der Waals surface area contributed by atoms with Crippen molar-refractivity contribution in [3.8, 4) is 23.1 Å². The first-order chi connectivity index (χ1) is 19.2. The first-order valence-electron chi connectivity index (χ1n) is 12.3. The molecule has 0 N–H and O–H groups in total. The summed E-state index contributed by atoms with van der Waals surface area (Å²) in [7, 11) is 6.20. The molecule has 3 aromatic heterocycles. The lowest BCUT2D eigenvalue weighted by Gasteiger charge is -2.30. The van der Waals surface area contributed by atoms with Crippen LogP contribution in [0.5, 0.6) is 11.9 Å². The Morgan fingerprint density at radius 3 is 2.38 bits per heavy atom. The van der Waals surface area contributed by atoms with Crippen LogP contribution in [0.2, 0.25) is 10.0 Å². The minimum absolute atomic E-state index is 0.00988. The molecule has 208 valence electrons. The maximum Gasteiger partial charge on any atom is 0.319 e. The van der Waals surface area contributed by atoms with Crippen molar-refractivity contribution < 1.29 is 19.0 Å². The average molecular weight is 584 g/mol. The molecule has 1 aliphatic heterocycles. The number of halogens is 2. The summed E-state index contributed by atoms with van der Waals surface area (Å²) in [4.78, 5) is 36.9. The largest absolute Gasteiger partial charge is 0.480 e. The highest BCUT2D eigenvalue weighted by molar-refractivity contribution is 6.31. The molecule has 0 radical (unpaired) electrons. The molecule has 4 aromatic rings. The summed E-state index contributed by atoms with van der Waals surface area (Å²) in [6.07, 6.45) is 3.21. The molecule has 2 atom stereocenters. The van der Waals surface area contributed by atoms with Gasteiger partial charge in [0.15, 0.2) is 0 Å². The summed E-state index contributed by atoms with van der Waals surface area (Å²) < 4.78 is 19.7. The zero-order valence-corrected chi connectivity index (χ0v) is 24.0. The van der Waals surface area contributed by atoms with Crippen LogP contribution in [0.1, 0.15) is 40.6 Å². The van der Waals surface area contributed by atoms with E-state index in [1.807, 2.05) is 29.7 Å². The van der Waals surface area contributed by atoms with Crippen molar-refractivity contribution in [1.82, 2.24) is 19.1 Å². The van der Waals surface area contributed by atoms with Crippen molar-refractivity contribution >= 4 is 34.8 Å². The lowest BCUT2D eigenvalue weighted by molar-refractivity contribution is 0.0993. The monoisotopic (exact) mass is 583 g/mol. The van der Waals surface area contributed by atoms with Crippen LogP contribution in [0.25, 0.3) is 11.3 Å². The molecule has 1 amide bonds. The highest BCUT2D eigenvalue weighted by atomic mass is 35.5. The van der Waals surface area contributed by atoms with Gasteiger partial charge in [0.2, 0.25) is 5.88 Å². The number of fused-ring (bicyclic) bond motifs is 1. The van der Waals surface area contributed by atoms with Gasteiger partial charge in [-0.2, -0.15) is 4.98 Å². The van der Waals surface area contributed by atoms with E-state index in [2.05, 4.69) is 9.97 Å². The van der Waals surface area contributed by atoms with E-state index in [0.717, 1.165) is 11.3 Å². The van der Waals surface area contributed by atoms with Gasteiger partial charge in [0.05, 0.1) is 55.1 Å². The Balaban J connectivity index is 1.80. The number of carbonyl (C=O) groups is 1. The number of aromatic nitrogens is 4. The summed E-state index contributed by atoms with van der Waals surface area (Å²) in [5.41, 5.74) is 3.40. The van der Waals surface area contributed by atoms with Crippen LogP contribution >= 0.6 is 23.2 Å². The van der Waals surface area contributed by atoms with Crippen molar-refractivity contribution in [3.05, 3.63) is 86.0 Å². The van der Waals surface area contributed by atoms with E-state index in [1.165, 1.54) is 24.9 Å². The summed E-state index contributed by atoms with van der Waals surface area (Å²) in [5, 5.41) is 0.574. The highest BCUT2D eigenvalue weighted by Crippen LogP contribution is 2.47. The van der Waals surface area contributed by atoms with Crippen molar-refractivity contribution in [2.45, 2.75) is 19.0 Å². The predicted molar refractivity (Wildman–Crippen MR) is 152 cm³/mol. The molecule has 4 heterocycles. The molecule has 10 nitrogen and oxygen atoms in total. The number of rotatable bonds is 8. The quantitative estimate of drug-likeness (QED) is 0.290. The van der Waals surface area contributed by atoms with E-state index in [0.29, 0.717) is 40.0 Å². The number of benzene rings is 1. The van der Waals surface area contributed by atoms with E-state index < -0.39 is 6.04 Å². The summed E-state index contributed by atoms with van der Waals surface area (Å²) in [6, 6.07) is 10.0. The van der Waals surface area contributed by atoms with Gasteiger partial charge in [-0.3, -0.25) is 14.5 Å². The number of nitrogens with zero attached hydrogens (tertiary/aromatic N) is 5. The second-order valence-corrected chi connectivity index (χ2v) is 10.2. The topological polar surface area (TPSA) is 101 Å². The Labute approximate surface area is 240 Å². The van der Waals surface area contributed by atoms with Crippen LogP contribution in [0, 0.1) is 0 Å². The number of carbonyl (C=O) groups excluding carboxylic acids is 1. The standard InChI is InChI=1S/C28H27Cl2N5O5/c1-15(14-38-3)34-22(20-12-31-28(40-5)32-25(20)39-4)11-19-24(34)23(16-6-8-17(29)9-7-16)35(26(19)36)18-10-21(30)27(37)33(2)13-18/h6-13,15,23H,14H2,1-5H3. The molecule has 0 bridgehead atoms. The number of pyridine rings is 1. The molecule has 0 saturated heterocycles. The van der Waals surface area contributed by atoms with Gasteiger partial charge in [0.1, 0.15) is 11.1 Å². The SMILES string of the molecule is COCC(C)n1c(-c2cnc(OC)nc2OC)cc2c1C(c1ccc(Cl)cc1)N(c1cc(Cl)c(=O)n(C)c1)C2=O. The van der Waals surface area contributed by atoms with Gasteiger partial charge in [0, 0.05) is 31.6 Å². The van der Waals surface area contributed by atoms with Crippen LogP contribution in [0.3, 0.4) is 0 Å². The number of methoxy groups -OCH3 is 3. The first-order valence-corrected chi connectivity index (χ1v) is 13.1. The molecular formula is C28H27Cl2N5O5. The molecule has 40 heavy (non-hydrogen) atoms. The molecule has 0 saturated carbocycles. The number of aryl methyl sites for hydroxylation is 1. The van der Waals surface area contributed by atoms with E-state index in [1.54, 1.807) is 43.6 Å². The summed E-state index contributed by atoms with van der Waals surface area (Å²) >= 11 is 12.5. The van der Waals surface area contributed by atoms with Gasteiger partial charge in [0.25, 0.3) is 11.5 Å². The molecule has 0 fully saturated rings. The van der Waals surface area contributed by atoms with E-state index in [-0.39, 0.29) is 28.5 Å². The zero-order valence-electron chi connectivity index (χ0n) is 22.5. The number of ether oxygens (including phenoxy) is 3. The van der Waals surface area contributed by atoms with Crippen molar-refractivity contribution in [3.63, 3.8) is 0 Å². The van der Waals surface area contributed by atoms with E-state index in [4.69, 9.17) is 37.4 Å². The van der Waals surface area contributed by atoms with Crippen LogP contribution in [-0.4, -0.2) is 52.9 Å². The number of hydrogen-bond acceptors (Lipinski definition) is 7. The van der Waals surface area contributed by atoms with Crippen LogP contribution in [0.4, 0.5) is 5.69 Å². The Bertz CT molecular complexity index is 1620. The zero-order chi connectivity index (χ0) is 28.7. The molecule has 2 unspecified atom stereocenters. The maximum atomic E-state index is 14.2. The molecule has 0 spiro atoms. The third-order valence-corrected chi connectivity index (χ3v) is 7.39. The third-order valence-electron chi connectivity index (χ3n) is 6.86. The molecule has 0 aliphatic carbocycles. The fourth-order valence-electron chi connectivity index (χ4n) is 5.14. The lowest BCUT2D eigenvalue weighted by atomic mass is 10.0. The molecule has 5 rings (SSSR count). The van der Waals surface area contributed by atoms with Crippen molar-refractivity contribution in [2.24, 2.45) is 7.05 Å². The third kappa shape index (κ3) is 4.61. The molecular weight excluding hydrogens is 557 g/mol. The first kappa shape index (κ1) is 27.7. The minimum atomic E-state index is -0.577. The normalized spacial score (nSPS) is 15.3. The van der Waals surface area contributed by atoms with Crippen molar-refractivity contribution in [1.29, 1.82) is 0 Å². The van der Waals surface area contributed by atoms with Gasteiger partial charge in [-0.05, 0) is 36.8 Å². The van der Waals surface area contributed by atoms with Gasteiger partial charge in [-0.15, -0.1) is 0 Å². The fourth-order valence-corrected chi connectivity index (χ4v) is 5.51. The van der Waals surface area contributed by atoms with Gasteiger partial charge in [-0.1, -0.05) is 35.3 Å². The molecule has 1 aliphatic rings. The van der Waals surface area contributed by atoms with Crippen LogP contribution < -0.4 is 19.9 Å². The average Bonchev–Trinajstić information content (AvgIpc) is 3.46. The van der Waals surface area contributed by atoms with Crippen molar-refractivity contribution in [2.75, 3.05) is 32.8 Å². The van der Waals surface area contributed by atoms with Gasteiger partial charge < -0.3 is 23.3 Å². The minimum Gasteiger partial charge on any atom is -0.480 e. The molecule has 12 heteroatoms. The van der Waals surface area contributed by atoms with Gasteiger partial charge in [-0.25, -0.2) is 4.98 Å². The number of amides is 1. The van der Waals surface area contributed by atoms with Crippen LogP contribution in [-0.2, 0) is 11.8 Å². The summed E-state index contributed by atoms with van der Waals surface area (Å²) in [6.45, 7) is 2.36. The second kappa shape index (κ2) is 11.0. The van der Waals surface area contributed by atoms with Crippen LogP contribution in [0.15, 0.2) is 53.6 Å². The highest BCUT2D eigenvalue weighted by Gasteiger charge is 2.44. The predicted octanol–water partition coefficient (Wildman–Crippen LogP) is 4.93. The smallest absolute Gasteiger partial charge is 0.319 e.